The zero-order chi connectivity index (χ0) is 13.0. The molecular formula is C10H8N6O2. The van der Waals surface area contributed by atoms with E-state index in [1.165, 1.54) is 12.1 Å². The van der Waals surface area contributed by atoms with E-state index in [1.807, 2.05) is 0 Å². The lowest BCUT2D eigenvalue weighted by atomic mass is 10.3. The number of rotatable bonds is 4. The van der Waals surface area contributed by atoms with E-state index in [-0.39, 0.29) is 11.4 Å². The number of pyridine rings is 1. The van der Waals surface area contributed by atoms with Gasteiger partial charge in [-0.2, -0.15) is 5.26 Å². The van der Waals surface area contributed by atoms with Gasteiger partial charge in [0.05, 0.1) is 23.5 Å². The Morgan fingerprint density at radius 3 is 3.00 bits per heavy atom. The molecule has 8 nitrogen and oxygen atoms in total. The molecule has 0 bridgehead atoms. The third-order valence-electron chi connectivity index (χ3n) is 2.19. The number of nitrogens with zero attached hydrogens (tertiary/aromatic N) is 4. The van der Waals surface area contributed by atoms with Gasteiger partial charge in [0.15, 0.2) is 0 Å². The van der Waals surface area contributed by atoms with Gasteiger partial charge in [-0.25, -0.2) is 9.97 Å². The van der Waals surface area contributed by atoms with Crippen LogP contribution in [0.2, 0.25) is 0 Å². The van der Waals surface area contributed by atoms with Crippen LogP contribution in [0.5, 0.6) is 0 Å². The van der Waals surface area contributed by atoms with E-state index < -0.39 is 4.92 Å². The number of aromatic nitrogens is 3. The number of H-pyrrole nitrogens is 1. The summed E-state index contributed by atoms with van der Waals surface area (Å²) < 4.78 is 0. The molecule has 0 aliphatic carbocycles. The van der Waals surface area contributed by atoms with Gasteiger partial charge in [0.2, 0.25) is 5.69 Å². The Morgan fingerprint density at radius 1 is 1.56 bits per heavy atom. The molecule has 0 saturated heterocycles. The van der Waals surface area contributed by atoms with Crippen molar-refractivity contribution in [2.24, 2.45) is 0 Å². The second-order valence-electron chi connectivity index (χ2n) is 3.36. The molecule has 2 heterocycles. The molecule has 2 aromatic heterocycles. The van der Waals surface area contributed by atoms with E-state index in [0.29, 0.717) is 12.4 Å². The number of nitro groups is 1. The predicted octanol–water partition coefficient (Wildman–Crippen LogP) is 1.20. The van der Waals surface area contributed by atoms with Crippen LogP contribution in [0.3, 0.4) is 0 Å². The number of hydrogen-bond donors (Lipinski definition) is 2. The molecule has 18 heavy (non-hydrogen) atoms. The second-order valence-corrected chi connectivity index (χ2v) is 3.36. The number of nitriles is 1. The van der Waals surface area contributed by atoms with Crippen molar-refractivity contribution in [2.45, 2.75) is 6.54 Å². The Labute approximate surface area is 101 Å². The fourth-order valence-corrected chi connectivity index (χ4v) is 1.35. The van der Waals surface area contributed by atoms with Crippen LogP contribution >= 0.6 is 0 Å². The molecule has 8 heteroatoms. The lowest BCUT2D eigenvalue weighted by Crippen LogP contribution is -2.04. The Hall–Kier alpha value is -2.95. The van der Waals surface area contributed by atoms with E-state index >= 15 is 0 Å². The SMILES string of the molecule is N#Cc1nc(NCc2cnc[nH]2)ccc1[N+](=O)[O-]. The van der Waals surface area contributed by atoms with Crippen LogP contribution in [0.4, 0.5) is 11.5 Å². The molecule has 0 radical (unpaired) electrons. The molecule has 0 saturated carbocycles. The number of aromatic amines is 1. The van der Waals surface area contributed by atoms with Gasteiger partial charge in [0.25, 0.3) is 0 Å². The first kappa shape index (κ1) is 11.5. The minimum atomic E-state index is -0.635. The average Bonchev–Trinajstić information content (AvgIpc) is 2.88. The number of nitrogens with one attached hydrogen (secondary N) is 2. The molecule has 2 rings (SSSR count). The van der Waals surface area contributed by atoms with E-state index in [4.69, 9.17) is 5.26 Å². The highest BCUT2D eigenvalue weighted by molar-refractivity contribution is 5.50. The molecule has 2 N–H and O–H groups in total. The molecule has 0 atom stereocenters. The Kier molecular flexibility index (Phi) is 3.15. The van der Waals surface area contributed by atoms with Crippen LogP contribution in [-0.2, 0) is 6.54 Å². The minimum absolute atomic E-state index is 0.213. The molecule has 0 fully saturated rings. The van der Waals surface area contributed by atoms with E-state index in [9.17, 15) is 10.1 Å². The Morgan fingerprint density at radius 2 is 2.39 bits per heavy atom. The molecule has 0 aromatic carbocycles. The quantitative estimate of drug-likeness (QED) is 0.615. The number of imidazole rings is 1. The fraction of sp³-hybridized carbons (Fsp3) is 0.100. The highest BCUT2D eigenvalue weighted by atomic mass is 16.6. The van der Waals surface area contributed by atoms with Crippen LogP contribution in [0.25, 0.3) is 0 Å². The summed E-state index contributed by atoms with van der Waals surface area (Å²) in [5.74, 6) is 0.395. The monoisotopic (exact) mass is 244 g/mol. The Balaban J connectivity index is 2.15. The lowest BCUT2D eigenvalue weighted by Gasteiger charge is -2.03. The normalized spacial score (nSPS) is 9.72. The standard InChI is InChI=1S/C10H8N6O2/c11-3-8-9(16(17)18)1-2-10(15-8)13-5-7-4-12-6-14-7/h1-2,4,6H,5H2,(H,12,14)(H,13,15). The number of anilines is 1. The molecule has 0 aliphatic heterocycles. The molecule has 0 amide bonds. The first-order chi connectivity index (χ1) is 8.70. The van der Waals surface area contributed by atoms with Crippen molar-refractivity contribution in [3.63, 3.8) is 0 Å². The summed E-state index contributed by atoms with van der Waals surface area (Å²) in [6.45, 7) is 0.440. The second kappa shape index (κ2) is 4.92. The molecular weight excluding hydrogens is 236 g/mol. The van der Waals surface area contributed by atoms with Gasteiger partial charge < -0.3 is 10.3 Å². The van der Waals surface area contributed by atoms with Gasteiger partial charge in [-0.05, 0) is 6.07 Å². The van der Waals surface area contributed by atoms with Gasteiger partial charge in [-0.15, -0.1) is 0 Å². The van der Waals surface area contributed by atoms with Crippen molar-refractivity contribution >= 4 is 11.5 Å². The van der Waals surface area contributed by atoms with E-state index in [2.05, 4.69) is 20.3 Å². The first-order valence-corrected chi connectivity index (χ1v) is 4.97. The zero-order valence-electron chi connectivity index (χ0n) is 9.12. The lowest BCUT2D eigenvalue weighted by molar-refractivity contribution is -0.385. The van der Waals surface area contributed by atoms with Crippen molar-refractivity contribution in [1.82, 2.24) is 15.0 Å². The third-order valence-corrected chi connectivity index (χ3v) is 2.19. The molecule has 90 valence electrons. The maximum Gasteiger partial charge on any atom is 0.305 e. The number of hydrogen-bond acceptors (Lipinski definition) is 6. The molecule has 0 unspecified atom stereocenters. The Bertz CT molecular complexity index is 601. The third kappa shape index (κ3) is 2.41. The zero-order valence-corrected chi connectivity index (χ0v) is 9.12. The van der Waals surface area contributed by atoms with Gasteiger partial charge in [0, 0.05) is 12.3 Å². The van der Waals surface area contributed by atoms with Crippen molar-refractivity contribution in [2.75, 3.05) is 5.32 Å². The molecule has 2 aromatic rings. The summed E-state index contributed by atoms with van der Waals surface area (Å²) in [4.78, 5) is 20.6. The van der Waals surface area contributed by atoms with Gasteiger partial charge in [-0.1, -0.05) is 0 Å². The van der Waals surface area contributed by atoms with Crippen molar-refractivity contribution in [3.05, 3.63) is 46.2 Å². The summed E-state index contributed by atoms with van der Waals surface area (Å²) in [7, 11) is 0. The average molecular weight is 244 g/mol. The van der Waals surface area contributed by atoms with E-state index in [1.54, 1.807) is 18.6 Å². The molecule has 0 spiro atoms. The van der Waals surface area contributed by atoms with Crippen LogP contribution in [0, 0.1) is 21.4 Å². The highest BCUT2D eigenvalue weighted by Crippen LogP contribution is 2.18. The maximum absolute atomic E-state index is 10.6. The van der Waals surface area contributed by atoms with Crippen molar-refractivity contribution in [1.29, 1.82) is 5.26 Å². The summed E-state index contributed by atoms with van der Waals surface area (Å²) in [6.07, 6.45) is 3.19. The van der Waals surface area contributed by atoms with Crippen LogP contribution in [0.15, 0.2) is 24.7 Å². The van der Waals surface area contributed by atoms with Crippen LogP contribution in [-0.4, -0.2) is 19.9 Å². The summed E-state index contributed by atoms with van der Waals surface area (Å²) in [5.41, 5.74) is 0.327. The molecule has 0 aliphatic rings. The first-order valence-electron chi connectivity index (χ1n) is 4.97. The fourth-order valence-electron chi connectivity index (χ4n) is 1.35. The van der Waals surface area contributed by atoms with Crippen molar-refractivity contribution in [3.8, 4) is 6.07 Å². The van der Waals surface area contributed by atoms with Gasteiger partial charge in [0.1, 0.15) is 11.9 Å². The minimum Gasteiger partial charge on any atom is -0.364 e. The van der Waals surface area contributed by atoms with Crippen LogP contribution in [0.1, 0.15) is 11.4 Å². The van der Waals surface area contributed by atoms with Crippen molar-refractivity contribution < 1.29 is 4.92 Å². The largest absolute Gasteiger partial charge is 0.364 e. The topological polar surface area (TPSA) is 121 Å². The van der Waals surface area contributed by atoms with Crippen LogP contribution < -0.4 is 5.32 Å². The predicted molar refractivity (Wildman–Crippen MR) is 61.5 cm³/mol. The highest BCUT2D eigenvalue weighted by Gasteiger charge is 2.15. The van der Waals surface area contributed by atoms with Gasteiger partial charge >= 0.3 is 5.69 Å². The summed E-state index contributed by atoms with van der Waals surface area (Å²) >= 11 is 0. The van der Waals surface area contributed by atoms with Gasteiger partial charge in [-0.3, -0.25) is 10.1 Å². The van der Waals surface area contributed by atoms with E-state index in [0.717, 1.165) is 5.69 Å². The smallest absolute Gasteiger partial charge is 0.305 e. The maximum atomic E-state index is 10.6. The summed E-state index contributed by atoms with van der Waals surface area (Å²) in [6, 6.07) is 4.40. The summed E-state index contributed by atoms with van der Waals surface area (Å²) in [5, 5.41) is 22.3.